The molecule has 0 aliphatic carbocycles. The van der Waals surface area contributed by atoms with Crippen molar-refractivity contribution in [1.82, 2.24) is 0 Å². The Hall–Kier alpha value is -0.280. The molecular weight excluding hydrogens is 218 g/mol. The molecule has 0 bridgehead atoms. The van der Waals surface area contributed by atoms with Crippen molar-refractivity contribution < 1.29 is 29.8 Å². The number of rotatable bonds is 0. The van der Waals surface area contributed by atoms with Crippen molar-refractivity contribution in [2.24, 2.45) is 0 Å². The molecule has 1 heterocycles. The van der Waals surface area contributed by atoms with E-state index in [-0.39, 0.29) is 0 Å². The summed E-state index contributed by atoms with van der Waals surface area (Å²) < 4.78 is 70.0. The van der Waals surface area contributed by atoms with E-state index in [0.717, 1.165) is 0 Å². The van der Waals surface area contributed by atoms with Crippen LogP contribution in [0.3, 0.4) is 0 Å². The lowest BCUT2D eigenvalue weighted by molar-refractivity contribution is 0.0871. The molecule has 0 N–H and O–H groups in total. The van der Waals surface area contributed by atoms with E-state index in [1.165, 1.54) is 0 Å². The van der Waals surface area contributed by atoms with Crippen LogP contribution in [-0.2, 0) is 24.1 Å². The van der Waals surface area contributed by atoms with Crippen LogP contribution in [0.5, 0.6) is 0 Å². The van der Waals surface area contributed by atoms with Crippen LogP contribution in [-0.4, -0.2) is 33.8 Å². The fourth-order valence-corrected chi connectivity index (χ4v) is 3.58. The van der Waals surface area contributed by atoms with Crippen molar-refractivity contribution in [3.05, 3.63) is 0 Å². The van der Waals surface area contributed by atoms with E-state index >= 15 is 0 Å². The molecule has 2 atom stereocenters. The topological polar surface area (TPSA) is 77.5 Å². The molecule has 1 rings (SSSR count). The van der Waals surface area contributed by atoms with Gasteiger partial charge < -0.3 is 0 Å². The monoisotopic (exact) mass is 222 g/mol. The molecule has 0 amide bonds. The summed E-state index contributed by atoms with van der Waals surface area (Å²) in [6, 6.07) is 0. The van der Waals surface area contributed by atoms with Gasteiger partial charge in [-0.3, -0.25) is 0 Å². The van der Waals surface area contributed by atoms with Crippen molar-refractivity contribution in [1.29, 1.82) is 0 Å². The first kappa shape index (κ1) is 9.81. The fraction of sp³-hybridized carbons (Fsp3) is 1.00. The van der Waals surface area contributed by atoms with Gasteiger partial charge in [0.25, 0.3) is 0 Å². The van der Waals surface area contributed by atoms with E-state index in [2.05, 4.69) is 4.18 Å². The third-order valence-corrected chi connectivity index (χ3v) is 4.92. The number of sulfone groups is 1. The Morgan fingerprint density at radius 1 is 1.17 bits per heavy atom. The molecule has 0 aromatic rings. The zero-order valence-electron chi connectivity index (χ0n) is 5.48. The van der Waals surface area contributed by atoms with Crippen LogP contribution in [0.2, 0.25) is 0 Å². The summed E-state index contributed by atoms with van der Waals surface area (Å²) in [4.78, 5) is -3.17. The number of halogens is 2. The fourth-order valence-electron chi connectivity index (χ4n) is 0.655. The predicted octanol–water partition coefficient (Wildman–Crippen LogP) is -0.690. The first-order chi connectivity index (χ1) is 5.26. The summed E-state index contributed by atoms with van der Waals surface area (Å²) >= 11 is 0. The predicted molar refractivity (Wildman–Crippen MR) is 33.6 cm³/mol. The van der Waals surface area contributed by atoms with E-state index in [0.29, 0.717) is 0 Å². The summed E-state index contributed by atoms with van der Waals surface area (Å²) in [6.07, 6.45) is -2.51. The van der Waals surface area contributed by atoms with Gasteiger partial charge in [0.05, 0.1) is 0 Å². The van der Waals surface area contributed by atoms with Gasteiger partial charge in [0.2, 0.25) is 16.2 Å². The molecule has 5 nitrogen and oxygen atoms in total. The van der Waals surface area contributed by atoms with Crippen molar-refractivity contribution in [2.75, 3.05) is 5.75 Å². The van der Waals surface area contributed by atoms with Crippen LogP contribution in [0, 0.1) is 0 Å². The van der Waals surface area contributed by atoms with Gasteiger partial charge in [0.15, 0.2) is 0 Å². The minimum absolute atomic E-state index is 1.27. The lowest BCUT2D eigenvalue weighted by Gasteiger charge is -2.18. The molecule has 2 unspecified atom stereocenters. The molecule has 1 saturated heterocycles. The number of hydrogen-bond acceptors (Lipinski definition) is 5. The second kappa shape index (κ2) is 2.60. The zero-order valence-corrected chi connectivity index (χ0v) is 7.11. The molecule has 0 spiro atoms. The Morgan fingerprint density at radius 3 is 2.08 bits per heavy atom. The quantitative estimate of drug-likeness (QED) is 0.507. The Bertz CT molecular complexity index is 333. The van der Waals surface area contributed by atoms with E-state index in [1.807, 2.05) is 0 Å². The average Bonchev–Trinajstić information content (AvgIpc) is 1.80. The van der Waals surface area contributed by atoms with E-state index in [4.69, 9.17) is 0 Å². The van der Waals surface area contributed by atoms with Gasteiger partial charge in [-0.05, 0) is 0 Å². The van der Waals surface area contributed by atoms with Crippen molar-refractivity contribution in [3.8, 4) is 0 Å². The minimum Gasteiger partial charge on any atom is -0.229 e. The van der Waals surface area contributed by atoms with Crippen LogP contribution in [0.15, 0.2) is 0 Å². The maximum atomic E-state index is 12.4. The number of alkyl halides is 2. The lowest BCUT2D eigenvalue weighted by Crippen LogP contribution is -2.41. The Morgan fingerprint density at radius 2 is 1.67 bits per heavy atom. The molecular formula is C3H4F2O5S2. The highest BCUT2D eigenvalue weighted by molar-refractivity contribution is 8.07. The third kappa shape index (κ3) is 1.57. The van der Waals surface area contributed by atoms with Gasteiger partial charge in [-0.1, -0.05) is 0 Å². The third-order valence-electron chi connectivity index (χ3n) is 1.11. The maximum absolute atomic E-state index is 12.4. The Balaban J connectivity index is 3.18. The van der Waals surface area contributed by atoms with E-state index < -0.39 is 36.9 Å². The molecule has 12 heavy (non-hydrogen) atoms. The first-order valence-electron chi connectivity index (χ1n) is 2.67. The van der Waals surface area contributed by atoms with Gasteiger partial charge in [0, 0.05) is 0 Å². The van der Waals surface area contributed by atoms with E-state index in [1.54, 1.807) is 0 Å². The van der Waals surface area contributed by atoms with Gasteiger partial charge in [0.1, 0.15) is 5.75 Å². The van der Waals surface area contributed by atoms with Crippen LogP contribution >= 0.6 is 0 Å². The summed E-state index contributed by atoms with van der Waals surface area (Å²) in [6.45, 7) is 0. The SMILES string of the molecule is O=S1(=O)CC(F)OS(=O)(=O)C1F. The largest absolute Gasteiger partial charge is 0.324 e. The van der Waals surface area contributed by atoms with Gasteiger partial charge in [-0.25, -0.2) is 21.4 Å². The van der Waals surface area contributed by atoms with Crippen LogP contribution in [0.1, 0.15) is 0 Å². The second-order valence-corrected chi connectivity index (χ2v) is 6.07. The summed E-state index contributed by atoms with van der Waals surface area (Å²) in [5.41, 5.74) is 0. The highest BCUT2D eigenvalue weighted by atomic mass is 32.3. The summed E-state index contributed by atoms with van der Waals surface area (Å²) in [5, 5.41) is 0. The van der Waals surface area contributed by atoms with Gasteiger partial charge >= 0.3 is 15.0 Å². The van der Waals surface area contributed by atoms with Crippen molar-refractivity contribution in [2.45, 2.75) is 11.2 Å². The molecule has 1 aliphatic rings. The van der Waals surface area contributed by atoms with Gasteiger partial charge in [-0.15, -0.1) is 0 Å². The average molecular weight is 222 g/mol. The Labute approximate surface area is 67.4 Å². The van der Waals surface area contributed by atoms with Crippen molar-refractivity contribution in [3.63, 3.8) is 0 Å². The highest BCUT2D eigenvalue weighted by Crippen LogP contribution is 2.23. The highest BCUT2D eigenvalue weighted by Gasteiger charge is 2.47. The lowest BCUT2D eigenvalue weighted by atomic mass is 10.8. The molecule has 1 fully saturated rings. The normalized spacial score (nSPS) is 39.2. The molecule has 9 heteroatoms. The van der Waals surface area contributed by atoms with Gasteiger partial charge in [-0.2, -0.15) is 8.42 Å². The first-order valence-corrected chi connectivity index (χ1v) is 5.86. The van der Waals surface area contributed by atoms with E-state index in [9.17, 15) is 25.6 Å². The van der Waals surface area contributed by atoms with Crippen molar-refractivity contribution >= 4 is 20.0 Å². The molecule has 72 valence electrons. The smallest absolute Gasteiger partial charge is 0.229 e. The van der Waals surface area contributed by atoms with Crippen LogP contribution in [0.4, 0.5) is 8.78 Å². The maximum Gasteiger partial charge on any atom is 0.324 e. The molecule has 0 aromatic carbocycles. The molecule has 0 radical (unpaired) electrons. The molecule has 0 aromatic heterocycles. The number of hydrogen-bond donors (Lipinski definition) is 0. The zero-order chi connectivity index (χ0) is 9.57. The summed E-state index contributed by atoms with van der Waals surface area (Å²) in [7, 11) is -9.52. The van der Waals surface area contributed by atoms with Crippen LogP contribution < -0.4 is 0 Å². The standard InChI is InChI=1S/C3H4F2O5S2/c4-2-1-11(6,7)3(5)12(8,9)10-2/h2-3H,1H2. The summed E-state index contributed by atoms with van der Waals surface area (Å²) in [5.74, 6) is -1.27. The minimum atomic E-state index is -4.95. The van der Waals surface area contributed by atoms with Crippen LogP contribution in [0.25, 0.3) is 0 Å². The second-order valence-electron chi connectivity index (χ2n) is 2.10. The molecule has 0 saturated carbocycles. The Kier molecular flexibility index (Phi) is 2.13. The molecule has 1 aliphatic heterocycles.